The van der Waals surface area contributed by atoms with E-state index in [2.05, 4.69) is 79.0 Å². The Morgan fingerprint density at radius 1 is 1.03 bits per heavy atom. The smallest absolute Gasteiger partial charge is 0.248 e. The quantitative estimate of drug-likeness (QED) is 0.215. The number of aromatic nitrogens is 3. The van der Waals surface area contributed by atoms with Gasteiger partial charge in [-0.25, -0.2) is 0 Å². The van der Waals surface area contributed by atoms with Gasteiger partial charge >= 0.3 is 0 Å². The third kappa shape index (κ3) is 8.18. The van der Waals surface area contributed by atoms with E-state index in [9.17, 15) is 9.59 Å². The van der Waals surface area contributed by atoms with E-state index in [0.717, 1.165) is 29.5 Å². The summed E-state index contributed by atoms with van der Waals surface area (Å²) in [6.45, 7) is 11.9. The SMILES string of the molecule is CCCCC[C@@H](C)Cn1c(SCC(=O)Nc2ccc(C(N)=O)cc2)nnc1-c1ccc(C(C)(C)C)cc1. The summed E-state index contributed by atoms with van der Waals surface area (Å²) in [6, 6.07) is 15.1. The molecule has 0 spiro atoms. The molecule has 8 heteroatoms. The van der Waals surface area contributed by atoms with E-state index >= 15 is 0 Å². The number of hydrogen-bond acceptors (Lipinski definition) is 5. The van der Waals surface area contributed by atoms with Crippen molar-refractivity contribution in [2.75, 3.05) is 11.1 Å². The second-order valence-electron chi connectivity index (χ2n) is 10.6. The highest BCUT2D eigenvalue weighted by molar-refractivity contribution is 7.99. The summed E-state index contributed by atoms with van der Waals surface area (Å²) in [4.78, 5) is 23.9. The van der Waals surface area contributed by atoms with Crippen LogP contribution in [0.2, 0.25) is 0 Å². The minimum absolute atomic E-state index is 0.0779. The van der Waals surface area contributed by atoms with Gasteiger partial charge in [-0.15, -0.1) is 10.2 Å². The minimum atomic E-state index is -0.499. The lowest BCUT2D eigenvalue weighted by Crippen LogP contribution is -2.16. The molecule has 0 saturated carbocycles. The third-order valence-corrected chi connectivity index (χ3v) is 7.27. The topological polar surface area (TPSA) is 103 Å². The summed E-state index contributed by atoms with van der Waals surface area (Å²) in [5.74, 6) is 0.835. The molecule has 2 aromatic carbocycles. The number of amides is 2. The Labute approximate surface area is 224 Å². The van der Waals surface area contributed by atoms with Crippen molar-refractivity contribution >= 4 is 29.3 Å². The molecular formula is C29H39N5O2S. The van der Waals surface area contributed by atoms with Crippen molar-refractivity contribution in [2.24, 2.45) is 11.7 Å². The highest BCUT2D eigenvalue weighted by atomic mass is 32.2. The van der Waals surface area contributed by atoms with Crippen LogP contribution in [0.25, 0.3) is 11.4 Å². The van der Waals surface area contributed by atoms with Gasteiger partial charge in [-0.05, 0) is 47.6 Å². The zero-order valence-electron chi connectivity index (χ0n) is 22.6. The molecule has 0 radical (unpaired) electrons. The summed E-state index contributed by atoms with van der Waals surface area (Å²) >= 11 is 1.38. The number of carbonyl (C=O) groups is 2. The maximum atomic E-state index is 12.6. The third-order valence-electron chi connectivity index (χ3n) is 6.31. The second-order valence-corrected chi connectivity index (χ2v) is 11.6. The van der Waals surface area contributed by atoms with Crippen LogP contribution in [0.3, 0.4) is 0 Å². The van der Waals surface area contributed by atoms with E-state index < -0.39 is 5.91 Å². The predicted octanol–water partition coefficient (Wildman–Crippen LogP) is 6.29. The molecule has 0 aliphatic carbocycles. The summed E-state index contributed by atoms with van der Waals surface area (Å²) < 4.78 is 2.16. The Kier molecular flexibility index (Phi) is 9.92. The number of unbranched alkanes of at least 4 members (excludes halogenated alkanes) is 2. The van der Waals surface area contributed by atoms with E-state index in [1.54, 1.807) is 24.3 Å². The van der Waals surface area contributed by atoms with Crippen LogP contribution >= 0.6 is 11.8 Å². The van der Waals surface area contributed by atoms with Crippen molar-refractivity contribution in [3.8, 4) is 11.4 Å². The number of benzene rings is 2. The van der Waals surface area contributed by atoms with Crippen molar-refractivity contribution in [3.63, 3.8) is 0 Å². The van der Waals surface area contributed by atoms with E-state index in [1.807, 2.05) is 0 Å². The number of nitrogens with two attached hydrogens (primary N) is 1. The lowest BCUT2D eigenvalue weighted by atomic mass is 9.86. The van der Waals surface area contributed by atoms with Gasteiger partial charge in [-0.2, -0.15) is 0 Å². The standard InChI is InChI=1S/C29H39N5O2S/c1-6-7-8-9-20(2)18-34-27(22-10-14-23(15-11-22)29(3,4)5)32-33-28(34)37-19-25(35)31-24-16-12-21(13-17-24)26(30)36/h10-17,20H,6-9,18-19H2,1-5H3,(H2,30,36)(H,31,35)/t20-/m1/s1. The molecule has 0 unspecified atom stereocenters. The van der Waals surface area contributed by atoms with Crippen molar-refractivity contribution in [3.05, 3.63) is 59.7 Å². The van der Waals surface area contributed by atoms with Gasteiger partial charge < -0.3 is 15.6 Å². The molecule has 0 aliphatic rings. The van der Waals surface area contributed by atoms with Crippen LogP contribution in [-0.4, -0.2) is 32.3 Å². The highest BCUT2D eigenvalue weighted by Gasteiger charge is 2.19. The van der Waals surface area contributed by atoms with Crippen LogP contribution in [0.1, 0.15) is 76.2 Å². The van der Waals surface area contributed by atoms with E-state index in [4.69, 9.17) is 5.73 Å². The summed E-state index contributed by atoms with van der Waals surface area (Å²) in [6.07, 6.45) is 4.77. The van der Waals surface area contributed by atoms with Gasteiger partial charge in [-0.3, -0.25) is 9.59 Å². The molecule has 3 rings (SSSR count). The van der Waals surface area contributed by atoms with Crippen molar-refractivity contribution < 1.29 is 9.59 Å². The summed E-state index contributed by atoms with van der Waals surface area (Å²) in [7, 11) is 0. The van der Waals surface area contributed by atoms with Gasteiger partial charge in [0.05, 0.1) is 5.75 Å². The Bertz CT molecular complexity index is 1180. The molecule has 1 aromatic heterocycles. The first-order valence-electron chi connectivity index (χ1n) is 12.9. The molecule has 1 heterocycles. The summed E-state index contributed by atoms with van der Waals surface area (Å²) in [5.41, 5.74) is 8.66. The Balaban J connectivity index is 1.75. The molecule has 0 bridgehead atoms. The van der Waals surface area contributed by atoms with Gasteiger partial charge in [0.1, 0.15) is 0 Å². The van der Waals surface area contributed by atoms with E-state index in [-0.39, 0.29) is 17.1 Å². The molecule has 0 saturated heterocycles. The van der Waals surface area contributed by atoms with Gasteiger partial charge in [0.15, 0.2) is 11.0 Å². The first kappa shape index (κ1) is 28.4. The van der Waals surface area contributed by atoms with Crippen molar-refractivity contribution in [2.45, 2.75) is 77.4 Å². The molecule has 3 N–H and O–H groups in total. The van der Waals surface area contributed by atoms with E-state index in [1.165, 1.54) is 36.6 Å². The van der Waals surface area contributed by atoms with Crippen LogP contribution < -0.4 is 11.1 Å². The maximum absolute atomic E-state index is 12.6. The molecule has 198 valence electrons. The van der Waals surface area contributed by atoms with Crippen LogP contribution in [0.5, 0.6) is 0 Å². The monoisotopic (exact) mass is 521 g/mol. The summed E-state index contributed by atoms with van der Waals surface area (Å²) in [5, 5.41) is 12.6. The maximum Gasteiger partial charge on any atom is 0.248 e. The number of nitrogens with zero attached hydrogens (tertiary/aromatic N) is 3. The highest BCUT2D eigenvalue weighted by Crippen LogP contribution is 2.29. The molecule has 7 nitrogen and oxygen atoms in total. The molecular weight excluding hydrogens is 482 g/mol. The normalized spacial score (nSPS) is 12.4. The first-order chi connectivity index (χ1) is 17.6. The molecule has 0 aliphatic heterocycles. The fraction of sp³-hybridized carbons (Fsp3) is 0.448. The minimum Gasteiger partial charge on any atom is -0.366 e. The van der Waals surface area contributed by atoms with E-state index in [0.29, 0.717) is 17.2 Å². The second kappa shape index (κ2) is 12.9. The Hall–Kier alpha value is -3.13. The molecule has 1 atom stereocenters. The number of carbonyl (C=O) groups excluding carboxylic acids is 2. The average Bonchev–Trinajstić information content (AvgIpc) is 3.25. The molecule has 2 amide bonds. The zero-order valence-corrected chi connectivity index (χ0v) is 23.4. The number of hydrogen-bond donors (Lipinski definition) is 2. The fourth-order valence-corrected chi connectivity index (χ4v) is 4.83. The van der Waals surface area contributed by atoms with Gasteiger partial charge in [0, 0.05) is 23.4 Å². The Morgan fingerprint density at radius 2 is 1.70 bits per heavy atom. The van der Waals surface area contributed by atoms with Gasteiger partial charge in [0.2, 0.25) is 11.8 Å². The Morgan fingerprint density at radius 3 is 2.30 bits per heavy atom. The van der Waals surface area contributed by atoms with Crippen molar-refractivity contribution in [1.82, 2.24) is 14.8 Å². The van der Waals surface area contributed by atoms with Gasteiger partial charge in [0.25, 0.3) is 0 Å². The lowest BCUT2D eigenvalue weighted by molar-refractivity contribution is -0.113. The predicted molar refractivity (Wildman–Crippen MR) is 152 cm³/mol. The van der Waals surface area contributed by atoms with Crippen LogP contribution in [0, 0.1) is 5.92 Å². The lowest BCUT2D eigenvalue weighted by Gasteiger charge is -2.19. The zero-order chi connectivity index (χ0) is 27.0. The molecule has 37 heavy (non-hydrogen) atoms. The van der Waals surface area contributed by atoms with Crippen LogP contribution in [-0.2, 0) is 16.8 Å². The van der Waals surface area contributed by atoms with Crippen LogP contribution in [0.4, 0.5) is 5.69 Å². The molecule has 3 aromatic rings. The van der Waals surface area contributed by atoms with Gasteiger partial charge in [-0.1, -0.05) is 89.9 Å². The number of thioether (sulfide) groups is 1. The number of primary amides is 1. The van der Waals surface area contributed by atoms with Crippen LogP contribution in [0.15, 0.2) is 53.7 Å². The number of anilines is 1. The number of rotatable bonds is 12. The van der Waals surface area contributed by atoms with Crippen molar-refractivity contribution in [1.29, 1.82) is 0 Å². The fourth-order valence-electron chi connectivity index (χ4n) is 4.08. The molecule has 0 fully saturated rings. The largest absolute Gasteiger partial charge is 0.366 e. The number of nitrogens with one attached hydrogen (secondary N) is 1. The average molecular weight is 522 g/mol. The first-order valence-corrected chi connectivity index (χ1v) is 13.9.